The Balaban J connectivity index is 1.28. The van der Waals surface area contributed by atoms with Crippen LogP contribution in [0.25, 0.3) is 33.1 Å². The number of oxazole rings is 1. The van der Waals surface area contributed by atoms with Gasteiger partial charge in [0.2, 0.25) is 11.8 Å². The summed E-state index contributed by atoms with van der Waals surface area (Å²) in [6.45, 7) is 0.235. The first-order chi connectivity index (χ1) is 19.5. The van der Waals surface area contributed by atoms with Gasteiger partial charge in [0.15, 0.2) is 5.58 Å². The number of carbonyl (C=O) groups excluding carboxylic acids is 2. The fourth-order valence-corrected chi connectivity index (χ4v) is 4.96. The number of unbranched alkanes of at least 4 members (excludes halogenated alkanes) is 2. The molecule has 0 aliphatic rings. The van der Waals surface area contributed by atoms with Crippen LogP contribution in [-0.2, 0) is 16.1 Å². The Bertz CT molecular complexity index is 1680. The number of benzene rings is 3. The lowest BCUT2D eigenvalue weighted by Gasteiger charge is -2.16. The number of aromatic nitrogens is 3. The molecule has 0 spiro atoms. The molecule has 0 radical (unpaired) electrons. The van der Waals surface area contributed by atoms with E-state index in [0.29, 0.717) is 24.1 Å². The van der Waals surface area contributed by atoms with E-state index in [1.165, 1.54) is 9.95 Å². The number of hydrogen-bond donors (Lipinski definition) is 3. The van der Waals surface area contributed by atoms with E-state index >= 15 is 0 Å². The molecule has 0 aliphatic carbocycles. The summed E-state index contributed by atoms with van der Waals surface area (Å²) < 4.78 is 6.59. The molecule has 5 aromatic rings. The number of nitrogens with zero attached hydrogens (tertiary/aromatic N) is 2. The van der Waals surface area contributed by atoms with Crippen molar-refractivity contribution in [1.29, 1.82) is 0 Å². The van der Waals surface area contributed by atoms with Gasteiger partial charge < -0.3 is 20.0 Å². The highest BCUT2D eigenvalue weighted by Gasteiger charge is 2.19. The lowest BCUT2D eigenvalue weighted by molar-refractivity contribution is -0.122. The van der Waals surface area contributed by atoms with Crippen LogP contribution in [0, 0.1) is 0 Å². The normalized spacial score (nSPS) is 12.0. The SMILES string of the molecule is CNC(=O)CCCCCC(CNC(=O)Cn1c(=O)oc2ccccc21)c1ncc(-c2ccc3ccccc3c2)[nH]1. The van der Waals surface area contributed by atoms with Crippen LogP contribution in [-0.4, -0.2) is 39.9 Å². The summed E-state index contributed by atoms with van der Waals surface area (Å²) in [6, 6.07) is 21.6. The number of H-pyrrole nitrogens is 1. The number of nitrogens with one attached hydrogen (secondary N) is 3. The molecule has 3 aromatic carbocycles. The van der Waals surface area contributed by atoms with Gasteiger partial charge in [0.25, 0.3) is 0 Å². The first-order valence-electron chi connectivity index (χ1n) is 13.6. The maximum atomic E-state index is 12.9. The van der Waals surface area contributed by atoms with Gasteiger partial charge in [-0.3, -0.25) is 14.2 Å². The molecule has 206 valence electrons. The van der Waals surface area contributed by atoms with E-state index in [9.17, 15) is 14.4 Å². The van der Waals surface area contributed by atoms with E-state index in [1.807, 2.05) is 18.3 Å². The molecule has 2 heterocycles. The molecule has 0 aliphatic heterocycles. The Kier molecular flexibility index (Phi) is 8.39. The van der Waals surface area contributed by atoms with Crippen molar-refractivity contribution in [3.8, 4) is 11.3 Å². The van der Waals surface area contributed by atoms with Crippen molar-refractivity contribution in [2.24, 2.45) is 0 Å². The van der Waals surface area contributed by atoms with Crippen molar-refractivity contribution in [3.63, 3.8) is 0 Å². The minimum atomic E-state index is -0.560. The summed E-state index contributed by atoms with van der Waals surface area (Å²) in [5, 5.41) is 7.97. The first-order valence-corrected chi connectivity index (χ1v) is 13.6. The van der Waals surface area contributed by atoms with E-state index in [4.69, 9.17) is 4.42 Å². The molecule has 2 aromatic heterocycles. The average molecular weight is 540 g/mol. The number of rotatable bonds is 12. The monoisotopic (exact) mass is 539 g/mol. The van der Waals surface area contributed by atoms with Gasteiger partial charge in [-0.2, -0.15) is 0 Å². The zero-order chi connectivity index (χ0) is 27.9. The largest absolute Gasteiger partial charge is 0.420 e. The molecule has 0 saturated heterocycles. The van der Waals surface area contributed by atoms with E-state index < -0.39 is 5.76 Å². The maximum Gasteiger partial charge on any atom is 0.420 e. The third-order valence-corrected chi connectivity index (χ3v) is 7.20. The lowest BCUT2D eigenvalue weighted by atomic mass is 9.99. The zero-order valence-corrected chi connectivity index (χ0v) is 22.5. The number of carbonyl (C=O) groups is 2. The topological polar surface area (TPSA) is 122 Å². The Morgan fingerprint density at radius 3 is 2.62 bits per heavy atom. The Morgan fingerprint density at radius 2 is 1.77 bits per heavy atom. The summed E-state index contributed by atoms with van der Waals surface area (Å²) in [6.07, 6.45) is 5.69. The van der Waals surface area contributed by atoms with E-state index in [1.54, 1.807) is 31.3 Å². The highest BCUT2D eigenvalue weighted by atomic mass is 16.4. The molecule has 40 heavy (non-hydrogen) atoms. The fourth-order valence-electron chi connectivity index (χ4n) is 4.96. The Hall–Kier alpha value is -4.66. The number of amides is 2. The second-order valence-corrected chi connectivity index (χ2v) is 9.94. The number of aromatic amines is 1. The van der Waals surface area contributed by atoms with E-state index in [0.717, 1.165) is 48.2 Å². The van der Waals surface area contributed by atoms with Crippen LogP contribution in [0.15, 0.2) is 82.1 Å². The molecule has 0 bridgehead atoms. The van der Waals surface area contributed by atoms with Crippen molar-refractivity contribution in [2.45, 2.75) is 44.6 Å². The molecule has 1 atom stereocenters. The van der Waals surface area contributed by atoms with Crippen LogP contribution in [0.3, 0.4) is 0 Å². The van der Waals surface area contributed by atoms with Gasteiger partial charge in [0, 0.05) is 31.5 Å². The molecular weight excluding hydrogens is 506 g/mol. The van der Waals surface area contributed by atoms with Crippen molar-refractivity contribution < 1.29 is 14.0 Å². The quantitative estimate of drug-likeness (QED) is 0.198. The second kappa shape index (κ2) is 12.5. The van der Waals surface area contributed by atoms with Gasteiger partial charge in [0.05, 0.1) is 17.4 Å². The third-order valence-electron chi connectivity index (χ3n) is 7.20. The lowest BCUT2D eigenvalue weighted by Crippen LogP contribution is -2.33. The van der Waals surface area contributed by atoms with Gasteiger partial charge in [0.1, 0.15) is 12.4 Å². The summed E-state index contributed by atoms with van der Waals surface area (Å²) in [4.78, 5) is 44.9. The van der Waals surface area contributed by atoms with Crippen molar-refractivity contribution in [1.82, 2.24) is 25.2 Å². The first kappa shape index (κ1) is 26.9. The third kappa shape index (κ3) is 6.31. The van der Waals surface area contributed by atoms with Crippen LogP contribution in [0.4, 0.5) is 0 Å². The van der Waals surface area contributed by atoms with Gasteiger partial charge in [-0.05, 0) is 41.8 Å². The molecule has 5 rings (SSSR count). The molecule has 2 amide bonds. The van der Waals surface area contributed by atoms with E-state index in [2.05, 4.69) is 50.9 Å². The van der Waals surface area contributed by atoms with Crippen LogP contribution in [0.1, 0.15) is 43.8 Å². The summed E-state index contributed by atoms with van der Waals surface area (Å²) in [5.41, 5.74) is 2.98. The van der Waals surface area contributed by atoms with Crippen LogP contribution >= 0.6 is 0 Å². The standard InChI is InChI=1S/C31H33N5O4/c1-32-28(37)14-4-2-3-11-24(18-33-29(38)20-36-26-12-7-8-13-27(26)40-31(36)39)30-34-19-25(35-30)23-16-15-21-9-5-6-10-22(21)17-23/h5-10,12-13,15-17,19,24H,2-4,11,14,18,20H2,1H3,(H,32,37)(H,33,38)(H,34,35). The Morgan fingerprint density at radius 1 is 0.975 bits per heavy atom. The Labute approximate surface area is 231 Å². The number of fused-ring (bicyclic) bond motifs is 2. The smallest absolute Gasteiger partial charge is 0.408 e. The number of imidazole rings is 1. The van der Waals surface area contributed by atoms with Crippen LogP contribution in [0.2, 0.25) is 0 Å². The molecule has 9 nitrogen and oxygen atoms in total. The summed E-state index contributed by atoms with van der Waals surface area (Å²) in [5.74, 6) is -0.0665. The predicted molar refractivity (Wildman–Crippen MR) is 155 cm³/mol. The summed E-state index contributed by atoms with van der Waals surface area (Å²) in [7, 11) is 1.64. The molecule has 0 fully saturated rings. The van der Waals surface area contributed by atoms with Crippen molar-refractivity contribution >= 4 is 33.7 Å². The van der Waals surface area contributed by atoms with Gasteiger partial charge in [-0.25, -0.2) is 9.78 Å². The van der Waals surface area contributed by atoms with E-state index in [-0.39, 0.29) is 24.3 Å². The molecule has 3 N–H and O–H groups in total. The van der Waals surface area contributed by atoms with Gasteiger partial charge >= 0.3 is 5.76 Å². The highest BCUT2D eigenvalue weighted by Crippen LogP contribution is 2.26. The number of para-hydroxylation sites is 2. The average Bonchev–Trinajstić information content (AvgIpc) is 3.59. The van der Waals surface area contributed by atoms with Crippen LogP contribution < -0.4 is 16.4 Å². The maximum absolute atomic E-state index is 12.9. The highest BCUT2D eigenvalue weighted by molar-refractivity contribution is 5.86. The molecule has 0 saturated carbocycles. The minimum absolute atomic E-state index is 0.0388. The van der Waals surface area contributed by atoms with Crippen molar-refractivity contribution in [3.05, 3.63) is 89.3 Å². The van der Waals surface area contributed by atoms with Crippen molar-refractivity contribution in [2.75, 3.05) is 13.6 Å². The van der Waals surface area contributed by atoms with Gasteiger partial charge in [-0.15, -0.1) is 0 Å². The molecular formula is C31H33N5O4. The van der Waals surface area contributed by atoms with Crippen LogP contribution in [0.5, 0.6) is 0 Å². The second-order valence-electron chi connectivity index (χ2n) is 9.94. The number of hydrogen-bond acceptors (Lipinski definition) is 5. The molecule has 9 heteroatoms. The minimum Gasteiger partial charge on any atom is -0.408 e. The fraction of sp³-hybridized carbons (Fsp3) is 0.290. The zero-order valence-electron chi connectivity index (χ0n) is 22.5. The predicted octanol–water partition coefficient (Wildman–Crippen LogP) is 4.73. The van der Waals surface area contributed by atoms with Gasteiger partial charge in [-0.1, -0.05) is 61.4 Å². The molecule has 1 unspecified atom stereocenters. The summed E-state index contributed by atoms with van der Waals surface area (Å²) >= 11 is 0.